The standard InChI is InChI=1S/C14H22OS/c1-3-7-13(11-16)10-15-12(2)14-8-5-4-6-9-14/h4-6,8-9,12-13,16H,3,7,10-11H2,1-2H3. The molecular weight excluding hydrogens is 216 g/mol. The lowest BCUT2D eigenvalue weighted by Gasteiger charge is -2.18. The Balaban J connectivity index is 2.37. The molecule has 90 valence electrons. The second-order valence-corrected chi connectivity index (χ2v) is 4.59. The van der Waals surface area contributed by atoms with Gasteiger partial charge in [-0.3, -0.25) is 0 Å². The largest absolute Gasteiger partial charge is 0.374 e. The van der Waals surface area contributed by atoms with E-state index in [0.717, 1.165) is 12.4 Å². The lowest BCUT2D eigenvalue weighted by molar-refractivity contribution is 0.0424. The van der Waals surface area contributed by atoms with Crippen LogP contribution in [0.15, 0.2) is 30.3 Å². The van der Waals surface area contributed by atoms with Crippen LogP contribution in [0.4, 0.5) is 0 Å². The third-order valence-corrected chi connectivity index (χ3v) is 3.32. The molecule has 0 spiro atoms. The maximum absolute atomic E-state index is 5.88. The van der Waals surface area contributed by atoms with Crippen LogP contribution in [0.2, 0.25) is 0 Å². The van der Waals surface area contributed by atoms with Crippen LogP contribution < -0.4 is 0 Å². The summed E-state index contributed by atoms with van der Waals surface area (Å²) in [5.41, 5.74) is 1.25. The van der Waals surface area contributed by atoms with Crippen LogP contribution in [0.1, 0.15) is 38.4 Å². The van der Waals surface area contributed by atoms with E-state index in [-0.39, 0.29) is 6.10 Å². The minimum absolute atomic E-state index is 0.181. The molecule has 1 rings (SSSR count). The number of ether oxygens (including phenoxy) is 1. The minimum atomic E-state index is 0.181. The van der Waals surface area contributed by atoms with Crippen molar-refractivity contribution in [3.05, 3.63) is 35.9 Å². The van der Waals surface area contributed by atoms with E-state index in [0.29, 0.717) is 5.92 Å². The van der Waals surface area contributed by atoms with E-state index in [9.17, 15) is 0 Å². The second-order valence-electron chi connectivity index (χ2n) is 4.22. The van der Waals surface area contributed by atoms with Crippen LogP contribution >= 0.6 is 12.6 Å². The van der Waals surface area contributed by atoms with Gasteiger partial charge in [0.05, 0.1) is 12.7 Å². The van der Waals surface area contributed by atoms with Gasteiger partial charge in [-0.2, -0.15) is 12.6 Å². The maximum atomic E-state index is 5.88. The van der Waals surface area contributed by atoms with Crippen LogP contribution in [0, 0.1) is 5.92 Å². The highest BCUT2D eigenvalue weighted by Gasteiger charge is 2.10. The summed E-state index contributed by atoms with van der Waals surface area (Å²) in [5, 5.41) is 0. The zero-order valence-corrected chi connectivity index (χ0v) is 11.1. The molecule has 1 nitrogen and oxygen atoms in total. The predicted octanol–water partition coefficient (Wildman–Crippen LogP) is 4.11. The van der Waals surface area contributed by atoms with E-state index >= 15 is 0 Å². The Labute approximate surface area is 105 Å². The molecule has 1 aromatic carbocycles. The molecule has 2 heteroatoms. The fourth-order valence-corrected chi connectivity index (χ4v) is 2.02. The fourth-order valence-electron chi connectivity index (χ4n) is 1.74. The molecule has 16 heavy (non-hydrogen) atoms. The first-order valence-electron chi connectivity index (χ1n) is 6.05. The lowest BCUT2D eigenvalue weighted by atomic mass is 10.1. The Morgan fingerprint density at radius 3 is 2.50 bits per heavy atom. The van der Waals surface area contributed by atoms with E-state index in [4.69, 9.17) is 4.74 Å². The van der Waals surface area contributed by atoms with Crippen molar-refractivity contribution in [2.75, 3.05) is 12.4 Å². The summed E-state index contributed by atoms with van der Waals surface area (Å²) < 4.78 is 5.88. The van der Waals surface area contributed by atoms with Crippen molar-refractivity contribution >= 4 is 12.6 Å². The monoisotopic (exact) mass is 238 g/mol. The third-order valence-electron chi connectivity index (χ3n) is 2.81. The van der Waals surface area contributed by atoms with Gasteiger partial charge in [-0.05, 0) is 30.6 Å². The quantitative estimate of drug-likeness (QED) is 0.703. The molecule has 0 heterocycles. The van der Waals surface area contributed by atoms with E-state index < -0.39 is 0 Å². The van der Waals surface area contributed by atoms with E-state index in [1.54, 1.807) is 0 Å². The maximum Gasteiger partial charge on any atom is 0.0796 e. The molecular formula is C14H22OS. The zero-order valence-electron chi connectivity index (χ0n) is 10.2. The van der Waals surface area contributed by atoms with Crippen molar-refractivity contribution in [1.29, 1.82) is 0 Å². The number of rotatable bonds is 7. The second kappa shape index (κ2) is 7.75. The van der Waals surface area contributed by atoms with Crippen LogP contribution in [0.5, 0.6) is 0 Å². The number of hydrogen-bond donors (Lipinski definition) is 1. The molecule has 1 aromatic rings. The van der Waals surface area contributed by atoms with Gasteiger partial charge in [0.2, 0.25) is 0 Å². The Morgan fingerprint density at radius 2 is 1.94 bits per heavy atom. The third kappa shape index (κ3) is 4.58. The molecule has 0 aliphatic rings. The van der Waals surface area contributed by atoms with Gasteiger partial charge in [0.15, 0.2) is 0 Å². The summed E-state index contributed by atoms with van der Waals surface area (Å²) in [6, 6.07) is 10.4. The molecule has 0 aliphatic carbocycles. The molecule has 0 radical (unpaired) electrons. The first-order chi connectivity index (χ1) is 7.77. The average Bonchev–Trinajstić information content (AvgIpc) is 2.35. The van der Waals surface area contributed by atoms with Gasteiger partial charge >= 0.3 is 0 Å². The first-order valence-corrected chi connectivity index (χ1v) is 6.68. The topological polar surface area (TPSA) is 9.23 Å². The van der Waals surface area contributed by atoms with Gasteiger partial charge in [0.1, 0.15) is 0 Å². The van der Waals surface area contributed by atoms with Crippen molar-refractivity contribution in [2.24, 2.45) is 5.92 Å². The van der Waals surface area contributed by atoms with Crippen molar-refractivity contribution < 1.29 is 4.74 Å². The van der Waals surface area contributed by atoms with Crippen molar-refractivity contribution in [3.8, 4) is 0 Å². The van der Waals surface area contributed by atoms with Crippen molar-refractivity contribution in [1.82, 2.24) is 0 Å². The summed E-state index contributed by atoms with van der Waals surface area (Å²) in [7, 11) is 0. The van der Waals surface area contributed by atoms with Crippen LogP contribution in [-0.2, 0) is 4.74 Å². The summed E-state index contributed by atoms with van der Waals surface area (Å²) >= 11 is 4.36. The van der Waals surface area contributed by atoms with Crippen LogP contribution in [0.3, 0.4) is 0 Å². The van der Waals surface area contributed by atoms with E-state index in [2.05, 4.69) is 50.7 Å². The molecule has 2 unspecified atom stereocenters. The van der Waals surface area contributed by atoms with Crippen molar-refractivity contribution in [3.63, 3.8) is 0 Å². The Hall–Kier alpha value is -0.470. The SMILES string of the molecule is CCCC(CS)COC(C)c1ccccc1. The van der Waals surface area contributed by atoms with Gasteiger partial charge in [0, 0.05) is 0 Å². The first kappa shape index (κ1) is 13.6. The smallest absolute Gasteiger partial charge is 0.0796 e. The fraction of sp³-hybridized carbons (Fsp3) is 0.571. The highest BCUT2D eigenvalue weighted by Crippen LogP contribution is 2.18. The van der Waals surface area contributed by atoms with E-state index in [1.807, 2.05) is 6.07 Å². The average molecular weight is 238 g/mol. The van der Waals surface area contributed by atoms with Gasteiger partial charge in [-0.1, -0.05) is 43.7 Å². The Bertz CT molecular complexity index is 273. The zero-order chi connectivity index (χ0) is 11.8. The molecule has 0 aliphatic heterocycles. The van der Waals surface area contributed by atoms with Crippen LogP contribution in [0.25, 0.3) is 0 Å². The Morgan fingerprint density at radius 1 is 1.25 bits per heavy atom. The molecule has 0 saturated carbocycles. The molecule has 0 saturated heterocycles. The summed E-state index contributed by atoms with van der Waals surface area (Å²) in [4.78, 5) is 0. The minimum Gasteiger partial charge on any atom is -0.374 e. The molecule has 0 aromatic heterocycles. The van der Waals surface area contributed by atoms with Gasteiger partial charge in [-0.15, -0.1) is 0 Å². The van der Waals surface area contributed by atoms with E-state index in [1.165, 1.54) is 18.4 Å². The summed E-state index contributed by atoms with van der Waals surface area (Å²) in [6.07, 6.45) is 2.58. The predicted molar refractivity (Wildman–Crippen MR) is 73.1 cm³/mol. The highest BCUT2D eigenvalue weighted by molar-refractivity contribution is 7.80. The highest BCUT2D eigenvalue weighted by atomic mass is 32.1. The number of benzene rings is 1. The number of thiol groups is 1. The normalized spacial score (nSPS) is 14.7. The summed E-state index contributed by atoms with van der Waals surface area (Å²) in [5.74, 6) is 1.49. The number of hydrogen-bond acceptors (Lipinski definition) is 2. The van der Waals surface area contributed by atoms with Crippen molar-refractivity contribution in [2.45, 2.75) is 32.8 Å². The molecule has 2 atom stereocenters. The van der Waals surface area contributed by atoms with Gasteiger partial charge in [-0.25, -0.2) is 0 Å². The molecule has 0 N–H and O–H groups in total. The Kier molecular flexibility index (Phi) is 6.58. The van der Waals surface area contributed by atoms with Gasteiger partial charge in [0.25, 0.3) is 0 Å². The molecule has 0 amide bonds. The lowest BCUT2D eigenvalue weighted by Crippen LogP contribution is -2.13. The van der Waals surface area contributed by atoms with Gasteiger partial charge < -0.3 is 4.74 Å². The van der Waals surface area contributed by atoms with Crippen LogP contribution in [-0.4, -0.2) is 12.4 Å². The molecule has 0 bridgehead atoms. The molecule has 0 fully saturated rings. The summed E-state index contributed by atoms with van der Waals surface area (Å²) in [6.45, 7) is 5.13.